The molecule has 0 N–H and O–H groups in total. The maximum Gasteiger partial charge on any atom is 0.338 e. The van der Waals surface area contributed by atoms with Crippen LogP contribution in [0.4, 0.5) is 0 Å². The molecule has 0 aromatic carbocycles. The first-order valence-corrected chi connectivity index (χ1v) is 8.76. The van der Waals surface area contributed by atoms with Gasteiger partial charge < -0.3 is 9.64 Å². The average molecular weight is 400 g/mol. The van der Waals surface area contributed by atoms with Crippen LogP contribution in [0.3, 0.4) is 0 Å². The molecular formula is C19H18ClN5O3. The van der Waals surface area contributed by atoms with E-state index in [-0.39, 0.29) is 30.1 Å². The molecule has 0 spiro atoms. The van der Waals surface area contributed by atoms with Crippen LogP contribution in [0, 0.1) is 0 Å². The Morgan fingerprint density at radius 3 is 2.57 bits per heavy atom. The van der Waals surface area contributed by atoms with Crippen molar-refractivity contribution >= 4 is 23.5 Å². The number of aromatic nitrogens is 4. The SMILES string of the molecule is COC(=O)c1ccncc1C(=O)N(Cc1cccnc1)Cc1nn(C)cc1Cl. The Morgan fingerprint density at radius 2 is 1.93 bits per heavy atom. The Kier molecular flexibility index (Phi) is 6.00. The van der Waals surface area contributed by atoms with E-state index in [2.05, 4.69) is 15.1 Å². The number of hydrogen-bond acceptors (Lipinski definition) is 6. The normalized spacial score (nSPS) is 10.5. The fourth-order valence-corrected chi connectivity index (χ4v) is 2.97. The van der Waals surface area contributed by atoms with E-state index in [0.717, 1.165) is 5.56 Å². The number of pyridine rings is 2. The van der Waals surface area contributed by atoms with Crippen LogP contribution in [-0.4, -0.2) is 43.6 Å². The molecule has 8 nitrogen and oxygen atoms in total. The number of ether oxygens (including phenoxy) is 1. The standard InChI is InChI=1S/C19H18ClN5O3/c1-24-11-16(20)17(23-24)12-25(10-13-4-3-6-21-8-13)18(26)15-9-22-7-5-14(15)19(27)28-2/h3-9,11H,10,12H2,1-2H3. The van der Waals surface area contributed by atoms with E-state index in [0.29, 0.717) is 10.7 Å². The second-order valence-corrected chi connectivity index (χ2v) is 6.44. The average Bonchev–Trinajstić information content (AvgIpc) is 3.03. The van der Waals surface area contributed by atoms with E-state index >= 15 is 0 Å². The van der Waals surface area contributed by atoms with E-state index in [9.17, 15) is 9.59 Å². The topological polar surface area (TPSA) is 90.2 Å². The molecule has 0 aliphatic heterocycles. The minimum absolute atomic E-state index is 0.144. The van der Waals surface area contributed by atoms with Crippen LogP contribution in [-0.2, 0) is 24.9 Å². The van der Waals surface area contributed by atoms with Gasteiger partial charge in [-0.2, -0.15) is 5.10 Å². The molecule has 0 radical (unpaired) electrons. The third-order valence-electron chi connectivity index (χ3n) is 4.04. The first kappa shape index (κ1) is 19.5. The van der Waals surface area contributed by atoms with Gasteiger partial charge in [-0.25, -0.2) is 4.79 Å². The zero-order chi connectivity index (χ0) is 20.1. The second kappa shape index (κ2) is 8.62. The fraction of sp³-hybridized carbons (Fsp3) is 0.211. The number of rotatable bonds is 6. The third kappa shape index (κ3) is 4.34. The van der Waals surface area contributed by atoms with Crippen molar-refractivity contribution in [1.82, 2.24) is 24.6 Å². The molecule has 0 fully saturated rings. The van der Waals surface area contributed by atoms with Crippen molar-refractivity contribution in [2.75, 3.05) is 7.11 Å². The molecule has 0 saturated carbocycles. The maximum absolute atomic E-state index is 13.3. The Hall–Kier alpha value is -3.26. The number of hydrogen-bond donors (Lipinski definition) is 0. The number of esters is 1. The largest absolute Gasteiger partial charge is 0.465 e. The second-order valence-electron chi connectivity index (χ2n) is 6.03. The minimum atomic E-state index is -0.608. The highest BCUT2D eigenvalue weighted by Gasteiger charge is 2.24. The third-order valence-corrected chi connectivity index (χ3v) is 4.35. The molecule has 3 aromatic rings. The highest BCUT2D eigenvalue weighted by atomic mass is 35.5. The predicted octanol–water partition coefficient (Wildman–Crippen LogP) is 2.49. The molecule has 0 aliphatic carbocycles. The van der Waals surface area contributed by atoms with Crippen molar-refractivity contribution in [1.29, 1.82) is 0 Å². The first-order chi connectivity index (χ1) is 13.5. The number of carbonyl (C=O) groups is 2. The molecule has 0 atom stereocenters. The van der Waals surface area contributed by atoms with Crippen LogP contribution in [0.1, 0.15) is 32.0 Å². The zero-order valence-electron chi connectivity index (χ0n) is 15.4. The van der Waals surface area contributed by atoms with Crippen LogP contribution in [0.2, 0.25) is 5.02 Å². The molecule has 0 saturated heterocycles. The van der Waals surface area contributed by atoms with E-state index in [1.165, 1.54) is 30.5 Å². The molecule has 144 valence electrons. The smallest absolute Gasteiger partial charge is 0.338 e. The van der Waals surface area contributed by atoms with Gasteiger partial charge in [0.05, 0.1) is 29.8 Å². The van der Waals surface area contributed by atoms with Gasteiger partial charge in [-0.3, -0.25) is 19.4 Å². The summed E-state index contributed by atoms with van der Waals surface area (Å²) in [6.07, 6.45) is 7.77. The number of methoxy groups -OCH3 is 1. The lowest BCUT2D eigenvalue weighted by Crippen LogP contribution is -2.32. The first-order valence-electron chi connectivity index (χ1n) is 8.38. The summed E-state index contributed by atoms with van der Waals surface area (Å²) in [4.78, 5) is 35.0. The minimum Gasteiger partial charge on any atom is -0.465 e. The lowest BCUT2D eigenvalue weighted by molar-refractivity contribution is 0.0587. The van der Waals surface area contributed by atoms with Gasteiger partial charge in [0.1, 0.15) is 5.69 Å². The highest BCUT2D eigenvalue weighted by Crippen LogP contribution is 2.20. The summed E-state index contributed by atoms with van der Waals surface area (Å²) in [5.41, 5.74) is 1.66. The van der Waals surface area contributed by atoms with Gasteiger partial charge >= 0.3 is 5.97 Å². The van der Waals surface area contributed by atoms with Crippen molar-refractivity contribution in [3.63, 3.8) is 0 Å². The van der Waals surface area contributed by atoms with Crippen molar-refractivity contribution in [3.8, 4) is 0 Å². The molecule has 28 heavy (non-hydrogen) atoms. The summed E-state index contributed by atoms with van der Waals surface area (Å²) in [5, 5.41) is 4.76. The Balaban J connectivity index is 1.97. The number of aryl methyl sites for hydroxylation is 1. The van der Waals surface area contributed by atoms with E-state index in [4.69, 9.17) is 16.3 Å². The van der Waals surface area contributed by atoms with Crippen molar-refractivity contribution < 1.29 is 14.3 Å². The number of amides is 1. The molecule has 3 rings (SSSR count). The zero-order valence-corrected chi connectivity index (χ0v) is 16.1. The van der Waals surface area contributed by atoms with E-state index in [1.54, 1.807) is 36.4 Å². The van der Waals surface area contributed by atoms with Crippen molar-refractivity contribution in [2.24, 2.45) is 7.05 Å². The lowest BCUT2D eigenvalue weighted by atomic mass is 10.1. The Labute approximate surface area is 166 Å². The summed E-state index contributed by atoms with van der Waals surface area (Å²) in [6.45, 7) is 0.415. The van der Waals surface area contributed by atoms with Gasteiger partial charge in [-0.15, -0.1) is 0 Å². The summed E-state index contributed by atoms with van der Waals surface area (Å²) >= 11 is 6.23. The number of halogens is 1. The van der Waals surface area contributed by atoms with Crippen LogP contribution in [0.15, 0.2) is 49.2 Å². The monoisotopic (exact) mass is 399 g/mol. The van der Waals surface area contributed by atoms with Crippen LogP contribution >= 0.6 is 11.6 Å². The van der Waals surface area contributed by atoms with Gasteiger partial charge in [0.2, 0.25) is 0 Å². The van der Waals surface area contributed by atoms with Gasteiger partial charge in [-0.05, 0) is 17.7 Å². The van der Waals surface area contributed by atoms with Crippen LogP contribution in [0.25, 0.3) is 0 Å². The van der Waals surface area contributed by atoms with Crippen molar-refractivity contribution in [3.05, 3.63) is 76.6 Å². The predicted molar refractivity (Wildman–Crippen MR) is 102 cm³/mol. The van der Waals surface area contributed by atoms with Crippen LogP contribution < -0.4 is 0 Å². The Morgan fingerprint density at radius 1 is 1.14 bits per heavy atom. The number of nitrogens with zero attached hydrogens (tertiary/aromatic N) is 5. The van der Waals surface area contributed by atoms with Gasteiger partial charge in [0.15, 0.2) is 0 Å². The number of carbonyl (C=O) groups excluding carboxylic acids is 2. The highest BCUT2D eigenvalue weighted by molar-refractivity contribution is 6.31. The summed E-state index contributed by atoms with van der Waals surface area (Å²) < 4.78 is 6.36. The fourth-order valence-electron chi connectivity index (χ4n) is 2.73. The molecule has 0 aliphatic rings. The molecule has 0 bridgehead atoms. The van der Waals surface area contributed by atoms with Gasteiger partial charge in [-0.1, -0.05) is 17.7 Å². The summed E-state index contributed by atoms with van der Waals surface area (Å²) in [6, 6.07) is 5.10. The summed E-state index contributed by atoms with van der Waals surface area (Å²) in [5.74, 6) is -0.998. The summed E-state index contributed by atoms with van der Waals surface area (Å²) in [7, 11) is 3.01. The molecule has 3 aromatic heterocycles. The molecular weight excluding hydrogens is 382 g/mol. The van der Waals surface area contributed by atoms with Gasteiger partial charge in [0, 0.05) is 44.6 Å². The molecule has 1 amide bonds. The van der Waals surface area contributed by atoms with Crippen molar-refractivity contribution in [2.45, 2.75) is 13.1 Å². The maximum atomic E-state index is 13.3. The van der Waals surface area contributed by atoms with E-state index in [1.807, 2.05) is 6.07 Å². The molecule has 0 unspecified atom stereocenters. The molecule has 3 heterocycles. The molecule has 9 heteroatoms. The van der Waals surface area contributed by atoms with Crippen LogP contribution in [0.5, 0.6) is 0 Å². The van der Waals surface area contributed by atoms with E-state index < -0.39 is 5.97 Å². The Bertz CT molecular complexity index is 990. The quantitative estimate of drug-likeness (QED) is 0.591. The van der Waals surface area contributed by atoms with Gasteiger partial charge in [0.25, 0.3) is 5.91 Å². The lowest BCUT2D eigenvalue weighted by Gasteiger charge is -2.23.